The van der Waals surface area contributed by atoms with Crippen LogP contribution in [0.1, 0.15) is 39.2 Å². The SMILES string of the molecule is CCCCOc1ccc(NC(=O)N(Cc2cccc(-c3nccs3)c2)C(C)C)cc1. The Labute approximate surface area is 182 Å². The Balaban J connectivity index is 1.65. The minimum absolute atomic E-state index is 0.0603. The van der Waals surface area contributed by atoms with Crippen molar-refractivity contribution in [2.24, 2.45) is 0 Å². The predicted molar refractivity (Wildman–Crippen MR) is 124 cm³/mol. The average Bonchev–Trinajstić information content (AvgIpc) is 3.28. The van der Waals surface area contributed by atoms with E-state index in [1.54, 1.807) is 17.5 Å². The van der Waals surface area contributed by atoms with Gasteiger partial charge in [0.2, 0.25) is 0 Å². The Morgan fingerprint density at radius 2 is 2.00 bits per heavy atom. The summed E-state index contributed by atoms with van der Waals surface area (Å²) < 4.78 is 5.69. The average molecular weight is 424 g/mol. The largest absolute Gasteiger partial charge is 0.494 e. The van der Waals surface area contributed by atoms with E-state index in [0.717, 1.165) is 40.4 Å². The van der Waals surface area contributed by atoms with Crippen LogP contribution in [0.3, 0.4) is 0 Å². The van der Waals surface area contributed by atoms with Gasteiger partial charge in [-0.25, -0.2) is 9.78 Å². The lowest BCUT2D eigenvalue weighted by Crippen LogP contribution is -2.39. The molecule has 2 aromatic carbocycles. The van der Waals surface area contributed by atoms with E-state index in [1.165, 1.54) is 0 Å². The third kappa shape index (κ3) is 6.07. The Morgan fingerprint density at radius 1 is 1.20 bits per heavy atom. The van der Waals surface area contributed by atoms with Crippen molar-refractivity contribution in [1.29, 1.82) is 0 Å². The standard InChI is InChI=1S/C24H29N3O2S/c1-4-5-14-29-22-11-9-21(10-12-22)26-24(28)27(18(2)3)17-19-7-6-8-20(16-19)23-25-13-15-30-23/h6-13,15-16,18H,4-5,14,17H2,1-3H3,(H,26,28). The van der Waals surface area contributed by atoms with Crippen LogP contribution in [0.25, 0.3) is 10.6 Å². The minimum Gasteiger partial charge on any atom is -0.494 e. The molecule has 0 unspecified atom stereocenters. The van der Waals surface area contributed by atoms with Gasteiger partial charge in [-0.2, -0.15) is 0 Å². The van der Waals surface area contributed by atoms with E-state index in [0.29, 0.717) is 13.2 Å². The van der Waals surface area contributed by atoms with Crippen molar-refractivity contribution in [3.05, 3.63) is 65.7 Å². The van der Waals surface area contributed by atoms with Crippen molar-refractivity contribution in [2.75, 3.05) is 11.9 Å². The summed E-state index contributed by atoms with van der Waals surface area (Å²) in [4.78, 5) is 19.1. The first-order valence-corrected chi connectivity index (χ1v) is 11.2. The van der Waals surface area contributed by atoms with Gasteiger partial charge < -0.3 is 15.0 Å². The van der Waals surface area contributed by atoms with Crippen molar-refractivity contribution in [2.45, 2.75) is 46.2 Å². The number of thiazole rings is 1. The number of benzene rings is 2. The van der Waals surface area contributed by atoms with Gasteiger partial charge in [0, 0.05) is 35.4 Å². The lowest BCUT2D eigenvalue weighted by molar-refractivity contribution is 0.193. The van der Waals surface area contributed by atoms with Crippen molar-refractivity contribution in [1.82, 2.24) is 9.88 Å². The Kier molecular flexibility index (Phi) is 7.85. The lowest BCUT2D eigenvalue weighted by atomic mass is 10.1. The Morgan fingerprint density at radius 3 is 2.67 bits per heavy atom. The summed E-state index contributed by atoms with van der Waals surface area (Å²) >= 11 is 1.61. The number of aromatic nitrogens is 1. The normalized spacial score (nSPS) is 10.8. The van der Waals surface area contributed by atoms with E-state index in [1.807, 2.05) is 66.6 Å². The van der Waals surface area contributed by atoms with E-state index in [2.05, 4.69) is 23.3 Å². The molecule has 0 aliphatic rings. The topological polar surface area (TPSA) is 54.5 Å². The number of hydrogen-bond donors (Lipinski definition) is 1. The van der Waals surface area contributed by atoms with Crippen LogP contribution in [0, 0.1) is 0 Å². The van der Waals surface area contributed by atoms with Crippen molar-refractivity contribution in [3.63, 3.8) is 0 Å². The molecular formula is C24H29N3O2S. The second-order valence-corrected chi connectivity index (χ2v) is 8.31. The maximum atomic E-state index is 12.9. The van der Waals surface area contributed by atoms with E-state index in [-0.39, 0.29) is 12.1 Å². The zero-order valence-corrected chi connectivity index (χ0v) is 18.6. The maximum absolute atomic E-state index is 12.9. The fourth-order valence-corrected chi connectivity index (χ4v) is 3.65. The van der Waals surface area contributed by atoms with Gasteiger partial charge in [0.05, 0.1) is 6.61 Å². The molecule has 0 bridgehead atoms. The molecule has 0 saturated carbocycles. The summed E-state index contributed by atoms with van der Waals surface area (Å²) in [5.41, 5.74) is 2.90. The van der Waals surface area contributed by atoms with Crippen LogP contribution in [0.15, 0.2) is 60.1 Å². The van der Waals surface area contributed by atoms with Crippen LogP contribution in [0.2, 0.25) is 0 Å². The molecule has 158 valence electrons. The van der Waals surface area contributed by atoms with Gasteiger partial charge in [-0.1, -0.05) is 31.5 Å². The van der Waals surface area contributed by atoms with Gasteiger partial charge in [-0.3, -0.25) is 0 Å². The molecule has 0 aliphatic carbocycles. The number of hydrogen-bond acceptors (Lipinski definition) is 4. The van der Waals surface area contributed by atoms with Crippen molar-refractivity contribution in [3.8, 4) is 16.3 Å². The van der Waals surface area contributed by atoms with Gasteiger partial charge in [0.15, 0.2) is 0 Å². The van der Waals surface area contributed by atoms with Crippen molar-refractivity contribution < 1.29 is 9.53 Å². The highest BCUT2D eigenvalue weighted by molar-refractivity contribution is 7.13. The molecule has 3 aromatic rings. The summed E-state index contributed by atoms with van der Waals surface area (Å²) in [6.07, 6.45) is 3.94. The van der Waals surface area contributed by atoms with Crippen LogP contribution >= 0.6 is 11.3 Å². The predicted octanol–water partition coefficient (Wildman–Crippen LogP) is 6.43. The second-order valence-electron chi connectivity index (χ2n) is 7.42. The number of rotatable bonds is 9. The highest BCUT2D eigenvalue weighted by Gasteiger charge is 2.18. The van der Waals surface area contributed by atoms with Crippen LogP contribution < -0.4 is 10.1 Å². The lowest BCUT2D eigenvalue weighted by Gasteiger charge is -2.27. The Hall–Kier alpha value is -2.86. The number of unbranched alkanes of at least 4 members (excludes halogenated alkanes) is 1. The van der Waals surface area contributed by atoms with Gasteiger partial charge in [0.1, 0.15) is 10.8 Å². The van der Waals surface area contributed by atoms with Gasteiger partial charge >= 0.3 is 6.03 Å². The van der Waals surface area contributed by atoms with Crippen LogP contribution in [0.5, 0.6) is 5.75 Å². The number of anilines is 1. The number of nitrogens with one attached hydrogen (secondary N) is 1. The summed E-state index contributed by atoms with van der Waals surface area (Å²) in [5.74, 6) is 0.821. The smallest absolute Gasteiger partial charge is 0.322 e. The summed E-state index contributed by atoms with van der Waals surface area (Å²) in [6, 6.07) is 15.7. The fraction of sp³-hybridized carbons (Fsp3) is 0.333. The molecule has 1 aromatic heterocycles. The first-order valence-electron chi connectivity index (χ1n) is 10.4. The number of ether oxygens (including phenoxy) is 1. The number of carbonyl (C=O) groups is 1. The molecule has 30 heavy (non-hydrogen) atoms. The van der Waals surface area contributed by atoms with Gasteiger partial charge in [-0.15, -0.1) is 11.3 Å². The molecule has 0 saturated heterocycles. The highest BCUT2D eigenvalue weighted by atomic mass is 32.1. The molecule has 1 N–H and O–H groups in total. The number of carbonyl (C=O) groups excluding carboxylic acids is 1. The molecule has 0 spiro atoms. The number of nitrogens with zero attached hydrogens (tertiary/aromatic N) is 2. The number of amides is 2. The number of urea groups is 1. The van der Waals surface area contributed by atoms with E-state index in [4.69, 9.17) is 4.74 Å². The van der Waals surface area contributed by atoms with Crippen LogP contribution in [-0.4, -0.2) is 28.6 Å². The molecule has 0 atom stereocenters. The van der Waals surface area contributed by atoms with Crippen LogP contribution in [-0.2, 0) is 6.54 Å². The van der Waals surface area contributed by atoms with Crippen LogP contribution in [0.4, 0.5) is 10.5 Å². The molecule has 0 fully saturated rings. The summed E-state index contributed by atoms with van der Waals surface area (Å²) in [6.45, 7) is 7.42. The minimum atomic E-state index is -0.121. The second kappa shape index (κ2) is 10.8. The quantitative estimate of drug-likeness (QED) is 0.403. The molecule has 2 amide bonds. The van der Waals surface area contributed by atoms with E-state index >= 15 is 0 Å². The Bertz CT molecular complexity index is 924. The molecule has 6 heteroatoms. The molecule has 3 rings (SSSR count). The van der Waals surface area contributed by atoms with Gasteiger partial charge in [-0.05, 0) is 56.2 Å². The van der Waals surface area contributed by atoms with E-state index in [9.17, 15) is 4.79 Å². The maximum Gasteiger partial charge on any atom is 0.322 e. The molecule has 0 radical (unpaired) electrons. The van der Waals surface area contributed by atoms with Crippen molar-refractivity contribution >= 4 is 23.1 Å². The zero-order valence-electron chi connectivity index (χ0n) is 17.8. The molecule has 1 heterocycles. The monoisotopic (exact) mass is 423 g/mol. The molecular weight excluding hydrogens is 394 g/mol. The summed E-state index contributed by atoms with van der Waals surface area (Å²) in [7, 11) is 0. The van der Waals surface area contributed by atoms with Gasteiger partial charge in [0.25, 0.3) is 0 Å². The third-order valence-corrected chi connectivity index (χ3v) is 5.54. The third-order valence-electron chi connectivity index (χ3n) is 4.72. The molecule has 0 aliphatic heterocycles. The fourth-order valence-electron chi connectivity index (χ4n) is 3.02. The zero-order chi connectivity index (χ0) is 21.3. The first kappa shape index (κ1) is 21.8. The van der Waals surface area contributed by atoms with E-state index < -0.39 is 0 Å². The molecule has 5 nitrogen and oxygen atoms in total. The first-order chi connectivity index (χ1) is 14.6. The summed E-state index contributed by atoms with van der Waals surface area (Å²) in [5, 5.41) is 5.95. The highest BCUT2D eigenvalue weighted by Crippen LogP contribution is 2.24.